The van der Waals surface area contributed by atoms with E-state index in [0.29, 0.717) is 36.5 Å². The van der Waals surface area contributed by atoms with Crippen LogP contribution in [0.5, 0.6) is 0 Å². The third-order valence-corrected chi connectivity index (χ3v) is 5.11. The smallest absolute Gasteiger partial charge is 0.255 e. The largest absolute Gasteiger partial charge is 0.326 e. The summed E-state index contributed by atoms with van der Waals surface area (Å²) in [7, 11) is 0. The Morgan fingerprint density at radius 1 is 1.25 bits per heavy atom. The molecule has 1 saturated heterocycles. The van der Waals surface area contributed by atoms with Gasteiger partial charge in [-0.25, -0.2) is 4.98 Å². The van der Waals surface area contributed by atoms with E-state index in [9.17, 15) is 9.59 Å². The number of hydroxylamine groups is 2. The maximum atomic E-state index is 12.6. The third kappa shape index (κ3) is 5.31. The second-order valence-electron chi connectivity index (χ2n) is 6.46. The molecule has 1 aliphatic heterocycles. The van der Waals surface area contributed by atoms with Gasteiger partial charge in [-0.05, 0) is 49.4 Å². The summed E-state index contributed by atoms with van der Waals surface area (Å²) in [6.45, 7) is 4.03. The Morgan fingerprint density at radius 2 is 2.11 bits per heavy atom. The molecular formula is C20H24N4O3S. The number of thioether (sulfide) groups is 1. The second-order valence-corrected chi connectivity index (χ2v) is 7.25. The van der Waals surface area contributed by atoms with Crippen molar-refractivity contribution in [1.82, 2.24) is 10.0 Å². The van der Waals surface area contributed by atoms with Gasteiger partial charge in [0.05, 0.1) is 12.3 Å². The Bertz CT molecular complexity index is 853. The van der Waals surface area contributed by atoms with E-state index in [2.05, 4.69) is 15.6 Å². The van der Waals surface area contributed by atoms with Crippen molar-refractivity contribution in [3.8, 4) is 0 Å². The first kappa shape index (κ1) is 20.3. The molecule has 148 valence electrons. The molecule has 0 unspecified atom stereocenters. The first-order valence-corrected chi connectivity index (χ1v) is 10.4. The quantitative estimate of drug-likeness (QED) is 0.694. The number of nitrogens with one attached hydrogen (secondary N) is 2. The van der Waals surface area contributed by atoms with Crippen molar-refractivity contribution in [2.24, 2.45) is 0 Å². The average molecular weight is 401 g/mol. The Kier molecular flexibility index (Phi) is 7.02. The van der Waals surface area contributed by atoms with Gasteiger partial charge in [0.15, 0.2) is 0 Å². The number of aryl methyl sites for hydroxylation is 1. The fourth-order valence-corrected chi connectivity index (χ4v) is 3.36. The fourth-order valence-electron chi connectivity index (χ4n) is 2.86. The average Bonchev–Trinajstić information content (AvgIpc) is 3.22. The van der Waals surface area contributed by atoms with Crippen molar-refractivity contribution < 1.29 is 14.4 Å². The van der Waals surface area contributed by atoms with E-state index in [4.69, 9.17) is 4.84 Å². The number of rotatable bonds is 7. The third-order valence-electron chi connectivity index (χ3n) is 4.40. The molecule has 1 aromatic carbocycles. The number of benzene rings is 1. The Balaban J connectivity index is 1.64. The lowest BCUT2D eigenvalue weighted by atomic mass is 10.1. The van der Waals surface area contributed by atoms with Crippen LogP contribution in [-0.2, 0) is 9.63 Å². The van der Waals surface area contributed by atoms with E-state index >= 15 is 0 Å². The van der Waals surface area contributed by atoms with E-state index in [1.807, 2.05) is 30.4 Å². The topological polar surface area (TPSA) is 83.6 Å². The molecule has 2 aromatic rings. The molecule has 0 bridgehead atoms. The van der Waals surface area contributed by atoms with Gasteiger partial charge in [0, 0.05) is 37.0 Å². The Labute approximate surface area is 168 Å². The van der Waals surface area contributed by atoms with E-state index in [1.165, 1.54) is 11.8 Å². The molecule has 3 rings (SSSR count). The molecule has 2 N–H and O–H groups in total. The van der Waals surface area contributed by atoms with Gasteiger partial charge in [0.2, 0.25) is 5.91 Å². The van der Waals surface area contributed by atoms with E-state index in [0.717, 1.165) is 23.6 Å². The zero-order valence-electron chi connectivity index (χ0n) is 16.0. The molecule has 1 fully saturated rings. The summed E-state index contributed by atoms with van der Waals surface area (Å²) in [5.41, 5.74) is 2.67. The maximum absolute atomic E-state index is 12.6. The summed E-state index contributed by atoms with van der Waals surface area (Å²) >= 11 is 1.47. The van der Waals surface area contributed by atoms with Crippen molar-refractivity contribution in [3.05, 3.63) is 47.7 Å². The van der Waals surface area contributed by atoms with E-state index in [-0.39, 0.29) is 11.8 Å². The first-order valence-electron chi connectivity index (χ1n) is 9.15. The van der Waals surface area contributed by atoms with Gasteiger partial charge in [-0.3, -0.25) is 14.4 Å². The van der Waals surface area contributed by atoms with Crippen LogP contribution in [0.25, 0.3) is 0 Å². The molecule has 0 atom stereocenters. The van der Waals surface area contributed by atoms with Crippen LogP contribution in [0, 0.1) is 6.92 Å². The molecule has 0 radical (unpaired) electrons. The van der Waals surface area contributed by atoms with Crippen molar-refractivity contribution in [1.29, 1.82) is 0 Å². The number of aromatic nitrogens is 1. The Morgan fingerprint density at radius 3 is 2.86 bits per heavy atom. The minimum absolute atomic E-state index is 0.104. The van der Waals surface area contributed by atoms with Gasteiger partial charge in [0.1, 0.15) is 5.03 Å². The van der Waals surface area contributed by atoms with Crippen molar-refractivity contribution in [2.75, 3.05) is 36.6 Å². The van der Waals surface area contributed by atoms with Crippen LogP contribution in [0.2, 0.25) is 0 Å². The number of amides is 2. The summed E-state index contributed by atoms with van der Waals surface area (Å²) < 4.78 is 0. The molecular weight excluding hydrogens is 376 g/mol. The van der Waals surface area contributed by atoms with Gasteiger partial charge in [0.25, 0.3) is 5.91 Å². The van der Waals surface area contributed by atoms with Crippen LogP contribution >= 0.6 is 11.8 Å². The molecule has 0 aliphatic carbocycles. The summed E-state index contributed by atoms with van der Waals surface area (Å²) in [6, 6.07) is 8.86. The van der Waals surface area contributed by atoms with Gasteiger partial charge in [-0.15, -0.1) is 11.8 Å². The first-order chi connectivity index (χ1) is 13.6. The van der Waals surface area contributed by atoms with Gasteiger partial charge in [-0.2, -0.15) is 5.06 Å². The molecule has 28 heavy (non-hydrogen) atoms. The van der Waals surface area contributed by atoms with Crippen molar-refractivity contribution in [2.45, 2.75) is 24.8 Å². The fraction of sp³-hybridized carbons (Fsp3) is 0.350. The monoisotopic (exact) mass is 400 g/mol. The predicted molar refractivity (Wildman–Crippen MR) is 111 cm³/mol. The number of carbonyl (C=O) groups is 2. The summed E-state index contributed by atoms with van der Waals surface area (Å²) in [5.74, 6) is -0.350. The highest BCUT2D eigenvalue weighted by Gasteiger charge is 2.15. The van der Waals surface area contributed by atoms with E-state index < -0.39 is 0 Å². The van der Waals surface area contributed by atoms with Crippen LogP contribution in [0.1, 0.15) is 28.8 Å². The molecule has 0 saturated carbocycles. The van der Waals surface area contributed by atoms with Crippen LogP contribution in [0.15, 0.2) is 41.6 Å². The number of pyridine rings is 1. The minimum Gasteiger partial charge on any atom is -0.326 e. The normalized spacial score (nSPS) is 14.1. The van der Waals surface area contributed by atoms with Crippen LogP contribution in [-0.4, -0.2) is 47.8 Å². The predicted octanol–water partition coefficient (Wildman–Crippen LogP) is 3.33. The minimum atomic E-state index is -0.246. The van der Waals surface area contributed by atoms with Crippen LogP contribution < -0.4 is 10.6 Å². The number of hydrogen-bond acceptors (Lipinski definition) is 6. The van der Waals surface area contributed by atoms with E-state index in [1.54, 1.807) is 24.4 Å². The summed E-state index contributed by atoms with van der Waals surface area (Å²) in [5, 5.41) is 8.34. The van der Waals surface area contributed by atoms with Crippen LogP contribution in [0.4, 0.5) is 11.4 Å². The molecule has 2 heterocycles. The number of hydrogen-bond donors (Lipinski definition) is 2. The highest BCUT2D eigenvalue weighted by Crippen LogP contribution is 2.23. The maximum Gasteiger partial charge on any atom is 0.255 e. The molecule has 1 aromatic heterocycles. The SMILES string of the molecule is CSc1ncccc1NC(=O)c1ccc(C)c(NC(=O)CCN2CCCO2)c1. The summed E-state index contributed by atoms with van der Waals surface area (Å²) in [4.78, 5) is 34.6. The molecule has 7 nitrogen and oxygen atoms in total. The second kappa shape index (κ2) is 9.68. The molecule has 0 spiro atoms. The molecule has 1 aliphatic rings. The van der Waals surface area contributed by atoms with Crippen molar-refractivity contribution >= 4 is 35.0 Å². The lowest BCUT2D eigenvalue weighted by Gasteiger charge is -2.14. The standard InChI is InChI=1S/C20H24N4O3S/c1-14-6-7-15(19(26)23-16-5-3-9-21-20(16)28-2)13-17(14)22-18(25)8-11-24-10-4-12-27-24/h3,5-7,9,13H,4,8,10-12H2,1-2H3,(H,22,25)(H,23,26). The molecule has 2 amide bonds. The zero-order chi connectivity index (χ0) is 19.9. The van der Waals surface area contributed by atoms with Gasteiger partial charge >= 0.3 is 0 Å². The van der Waals surface area contributed by atoms with Gasteiger partial charge < -0.3 is 10.6 Å². The number of anilines is 2. The highest BCUT2D eigenvalue weighted by molar-refractivity contribution is 7.98. The summed E-state index contributed by atoms with van der Waals surface area (Å²) in [6.07, 6.45) is 4.93. The van der Waals surface area contributed by atoms with Crippen molar-refractivity contribution in [3.63, 3.8) is 0 Å². The lowest BCUT2D eigenvalue weighted by molar-refractivity contribution is -0.126. The number of carbonyl (C=O) groups excluding carboxylic acids is 2. The number of nitrogens with zero attached hydrogens (tertiary/aromatic N) is 2. The van der Waals surface area contributed by atoms with Crippen LogP contribution in [0.3, 0.4) is 0 Å². The Hall–Kier alpha value is -2.42. The van der Waals surface area contributed by atoms with Gasteiger partial charge in [-0.1, -0.05) is 6.07 Å². The highest BCUT2D eigenvalue weighted by atomic mass is 32.2. The zero-order valence-corrected chi connectivity index (χ0v) is 16.8. The lowest BCUT2D eigenvalue weighted by Crippen LogP contribution is -2.24. The molecule has 8 heteroatoms.